The molecule has 6 nitrogen and oxygen atoms in total. The first-order valence-electron chi connectivity index (χ1n) is 14.6. The van der Waals surface area contributed by atoms with Crippen molar-refractivity contribution < 1.29 is 19.2 Å². The number of anilines is 2. The van der Waals surface area contributed by atoms with Gasteiger partial charge in [-0.3, -0.25) is 19.2 Å². The molecule has 4 amide bonds. The minimum Gasteiger partial charge on any atom is -0.268 e. The van der Waals surface area contributed by atoms with Gasteiger partial charge in [0.1, 0.15) is 0 Å². The first-order valence-corrected chi connectivity index (χ1v) is 15.0. The predicted molar refractivity (Wildman–Crippen MR) is 180 cm³/mol. The lowest BCUT2D eigenvalue weighted by Crippen LogP contribution is -2.40. The van der Waals surface area contributed by atoms with Crippen LogP contribution < -0.4 is 9.80 Å². The van der Waals surface area contributed by atoms with Crippen LogP contribution in [-0.2, 0) is 6.42 Å². The van der Waals surface area contributed by atoms with Crippen LogP contribution >= 0.6 is 11.6 Å². The van der Waals surface area contributed by atoms with Gasteiger partial charge < -0.3 is 0 Å². The monoisotopic (exact) mass is 614 g/mol. The average Bonchev–Trinajstić information content (AvgIpc) is 3.07. The molecular formula is C39H19ClN2O4. The molecule has 2 aliphatic rings. The van der Waals surface area contributed by atoms with Gasteiger partial charge in [-0.2, -0.15) is 0 Å². The van der Waals surface area contributed by atoms with Crippen molar-refractivity contribution >= 4 is 89.7 Å². The Bertz CT molecular complexity index is 2480. The second-order valence-electron chi connectivity index (χ2n) is 11.6. The third-order valence-corrected chi connectivity index (χ3v) is 9.47. The van der Waals surface area contributed by atoms with E-state index in [4.69, 9.17) is 18.0 Å². The van der Waals surface area contributed by atoms with Crippen LogP contribution in [0.2, 0.25) is 5.02 Å². The van der Waals surface area contributed by atoms with Crippen molar-refractivity contribution in [3.05, 3.63) is 130 Å². The topological polar surface area (TPSA) is 74.8 Å². The molecule has 0 spiro atoms. The van der Waals surface area contributed by atoms with Crippen molar-refractivity contribution in [2.24, 2.45) is 0 Å². The van der Waals surface area contributed by atoms with Crippen LogP contribution in [0.3, 0.4) is 0 Å². The summed E-state index contributed by atoms with van der Waals surface area (Å²) in [6, 6.07) is 28.3. The molecule has 0 saturated carbocycles. The zero-order valence-electron chi connectivity index (χ0n) is 23.9. The smallest absolute Gasteiger partial charge is 0.265 e. The number of carbonyl (C=O) groups excluding carboxylic acids is 4. The summed E-state index contributed by atoms with van der Waals surface area (Å²) >= 11 is 6.07. The summed E-state index contributed by atoms with van der Waals surface area (Å²) in [5, 5.41) is 6.63. The van der Waals surface area contributed by atoms with Crippen LogP contribution in [0.25, 0.3) is 43.1 Å². The molecule has 7 aromatic carbocycles. The summed E-state index contributed by atoms with van der Waals surface area (Å²) in [6.07, 6.45) is 5.89. The maximum atomic E-state index is 13.9. The number of imide groups is 2. The van der Waals surface area contributed by atoms with Crippen LogP contribution in [0.15, 0.2) is 97.1 Å². The Morgan fingerprint density at radius 1 is 0.478 bits per heavy atom. The normalized spacial score (nSPS) is 14.3. The third-order valence-electron chi connectivity index (χ3n) is 9.22. The average molecular weight is 615 g/mol. The molecule has 0 fully saturated rings. The Morgan fingerprint density at radius 2 is 0.826 bits per heavy atom. The van der Waals surface area contributed by atoms with Gasteiger partial charge in [0, 0.05) is 44.5 Å². The highest BCUT2D eigenvalue weighted by Crippen LogP contribution is 2.47. The number of benzene rings is 7. The Kier molecular flexibility index (Phi) is 5.30. The van der Waals surface area contributed by atoms with Crippen molar-refractivity contribution in [2.45, 2.75) is 6.42 Å². The summed E-state index contributed by atoms with van der Waals surface area (Å²) in [6.45, 7) is 0. The first-order chi connectivity index (χ1) is 22.4. The van der Waals surface area contributed by atoms with Gasteiger partial charge in [0.05, 0.1) is 11.4 Å². The minimum atomic E-state index is -0.414. The van der Waals surface area contributed by atoms with Crippen molar-refractivity contribution in [2.75, 3.05) is 9.80 Å². The lowest BCUT2D eigenvalue weighted by molar-refractivity contribution is 0.0877. The van der Waals surface area contributed by atoms with Gasteiger partial charge in [-0.25, -0.2) is 9.80 Å². The van der Waals surface area contributed by atoms with Gasteiger partial charge in [-0.15, -0.1) is 12.3 Å². The van der Waals surface area contributed by atoms with Crippen molar-refractivity contribution in [3.63, 3.8) is 0 Å². The van der Waals surface area contributed by atoms with E-state index >= 15 is 0 Å². The molecule has 0 bridgehead atoms. The fourth-order valence-electron chi connectivity index (χ4n) is 7.21. The Labute approximate surface area is 266 Å². The van der Waals surface area contributed by atoms with E-state index in [1.165, 1.54) is 9.80 Å². The van der Waals surface area contributed by atoms with E-state index in [0.29, 0.717) is 55.8 Å². The molecule has 0 aromatic heterocycles. The number of fused-ring (bicyclic) bond motifs is 2. The van der Waals surface area contributed by atoms with Crippen molar-refractivity contribution in [1.82, 2.24) is 0 Å². The number of rotatable bonds is 3. The summed E-state index contributed by atoms with van der Waals surface area (Å²) in [4.78, 5) is 58.0. The lowest BCUT2D eigenvalue weighted by atomic mass is 9.82. The number of hydrogen-bond acceptors (Lipinski definition) is 4. The molecular weight excluding hydrogens is 596 g/mol. The summed E-state index contributed by atoms with van der Waals surface area (Å²) in [5.41, 5.74) is 3.54. The molecule has 2 aliphatic heterocycles. The SMILES string of the molecule is C#CCc1ccc(N2C(=O)c3ccc4c5ccc6c7c(ccc(c8ccc(c3c48)C2=O)c75)C(=O)N(c2ccc(Cl)cc2)C6=O)cc1. The van der Waals surface area contributed by atoms with Crippen LogP contribution in [-0.4, -0.2) is 23.6 Å². The van der Waals surface area contributed by atoms with Crippen molar-refractivity contribution in [1.29, 1.82) is 0 Å². The maximum Gasteiger partial charge on any atom is 0.265 e. The van der Waals surface area contributed by atoms with E-state index in [1.807, 2.05) is 36.4 Å². The number of amides is 4. The predicted octanol–water partition coefficient (Wildman–Crippen LogP) is 8.17. The number of hydrogen-bond donors (Lipinski definition) is 0. The molecule has 46 heavy (non-hydrogen) atoms. The highest BCUT2D eigenvalue weighted by atomic mass is 35.5. The van der Waals surface area contributed by atoms with E-state index in [-0.39, 0.29) is 0 Å². The summed E-state index contributed by atoms with van der Waals surface area (Å²) in [7, 11) is 0. The molecule has 0 atom stereocenters. The molecule has 0 N–H and O–H groups in total. The number of halogens is 1. The van der Waals surface area contributed by atoms with Crippen LogP contribution in [0.1, 0.15) is 47.0 Å². The summed E-state index contributed by atoms with van der Waals surface area (Å²) in [5.74, 6) is 0.971. The molecule has 7 heteroatoms. The second kappa shape index (κ2) is 9.24. The fourth-order valence-corrected chi connectivity index (χ4v) is 7.33. The molecule has 9 rings (SSSR count). The molecule has 7 aromatic rings. The van der Waals surface area contributed by atoms with E-state index < -0.39 is 23.6 Å². The minimum absolute atomic E-state index is 0.402. The van der Waals surface area contributed by atoms with E-state index in [9.17, 15) is 19.2 Å². The quantitative estimate of drug-likeness (QED) is 0.0871. The second-order valence-corrected chi connectivity index (χ2v) is 12.0. The van der Waals surface area contributed by atoms with E-state index in [2.05, 4.69) is 5.92 Å². The van der Waals surface area contributed by atoms with Gasteiger partial charge in [0.25, 0.3) is 23.6 Å². The third kappa shape index (κ3) is 3.32. The van der Waals surface area contributed by atoms with Crippen LogP contribution in [0.4, 0.5) is 11.4 Å². The highest BCUT2D eigenvalue weighted by Gasteiger charge is 2.37. The molecule has 0 radical (unpaired) electrons. The first kappa shape index (κ1) is 26.4. The molecule has 216 valence electrons. The number of carbonyl (C=O) groups is 4. The standard InChI is InChI=1S/C39H19ClN2O4/c1-2-3-20-4-8-22(9-5-20)41-36(43)28-16-12-24-26-14-18-30-35-31(39(46)42(38(30)45)23-10-6-21(40)7-11-23)19-15-27(33(26)35)25-13-17-29(37(41)44)34(28)32(24)25/h1,4-19H,3H2. The highest BCUT2D eigenvalue weighted by molar-refractivity contribution is 6.45. The summed E-state index contributed by atoms with van der Waals surface area (Å²) < 4.78 is 0. The van der Waals surface area contributed by atoms with Gasteiger partial charge in [0.2, 0.25) is 0 Å². The lowest BCUT2D eigenvalue weighted by Gasteiger charge is -2.30. The van der Waals surface area contributed by atoms with Gasteiger partial charge in [0.15, 0.2) is 0 Å². The zero-order valence-corrected chi connectivity index (χ0v) is 24.7. The van der Waals surface area contributed by atoms with Crippen LogP contribution in [0, 0.1) is 12.3 Å². The Balaban J connectivity index is 1.27. The van der Waals surface area contributed by atoms with Crippen LogP contribution in [0.5, 0.6) is 0 Å². The fraction of sp³-hybridized carbons (Fsp3) is 0.0256. The van der Waals surface area contributed by atoms with Gasteiger partial charge in [-0.05, 0) is 98.5 Å². The van der Waals surface area contributed by atoms with E-state index in [0.717, 1.165) is 37.9 Å². The largest absolute Gasteiger partial charge is 0.268 e. The molecule has 0 saturated heterocycles. The molecule has 0 unspecified atom stereocenters. The van der Waals surface area contributed by atoms with E-state index in [1.54, 1.807) is 60.7 Å². The zero-order chi connectivity index (χ0) is 31.4. The molecule has 0 aliphatic carbocycles. The Morgan fingerprint density at radius 3 is 1.17 bits per heavy atom. The number of terminal acetylenes is 1. The maximum absolute atomic E-state index is 13.9. The van der Waals surface area contributed by atoms with Crippen molar-refractivity contribution in [3.8, 4) is 12.3 Å². The van der Waals surface area contributed by atoms with Gasteiger partial charge in [-0.1, -0.05) is 48.0 Å². The Hall–Kier alpha value is -6.03. The number of nitrogens with zero attached hydrogens (tertiary/aromatic N) is 2. The molecule has 2 heterocycles. The van der Waals surface area contributed by atoms with Gasteiger partial charge >= 0.3 is 0 Å².